The van der Waals surface area contributed by atoms with Crippen molar-refractivity contribution >= 4 is 0 Å². The maximum atomic E-state index is 5.73. The Kier molecular flexibility index (Phi) is 3.96. The SMILES string of the molecule is Cc1ocnc1CNC(C)C1CCCCO1. The Labute approximate surface area is 96.4 Å². The fourth-order valence-corrected chi connectivity index (χ4v) is 2.05. The number of hydrogen-bond acceptors (Lipinski definition) is 4. The van der Waals surface area contributed by atoms with Crippen LogP contribution in [0.3, 0.4) is 0 Å². The van der Waals surface area contributed by atoms with Gasteiger partial charge in [0.15, 0.2) is 6.39 Å². The summed E-state index contributed by atoms with van der Waals surface area (Å²) in [6, 6.07) is 0.372. The van der Waals surface area contributed by atoms with E-state index < -0.39 is 0 Å². The van der Waals surface area contributed by atoms with Gasteiger partial charge in [-0.15, -0.1) is 0 Å². The summed E-state index contributed by atoms with van der Waals surface area (Å²) in [5.74, 6) is 0.893. The highest BCUT2D eigenvalue weighted by Gasteiger charge is 2.20. The van der Waals surface area contributed by atoms with E-state index in [-0.39, 0.29) is 0 Å². The van der Waals surface area contributed by atoms with Crippen LogP contribution in [0.4, 0.5) is 0 Å². The summed E-state index contributed by atoms with van der Waals surface area (Å²) in [6.07, 6.45) is 5.48. The van der Waals surface area contributed by atoms with Crippen LogP contribution < -0.4 is 5.32 Å². The number of oxazole rings is 1. The molecule has 4 nitrogen and oxygen atoms in total. The van der Waals surface area contributed by atoms with Gasteiger partial charge in [0.05, 0.1) is 11.8 Å². The predicted molar refractivity (Wildman–Crippen MR) is 61.1 cm³/mol. The quantitative estimate of drug-likeness (QED) is 0.850. The van der Waals surface area contributed by atoms with Crippen molar-refractivity contribution < 1.29 is 9.15 Å². The van der Waals surface area contributed by atoms with Crippen molar-refractivity contribution in [3.63, 3.8) is 0 Å². The van der Waals surface area contributed by atoms with E-state index in [1.54, 1.807) is 0 Å². The lowest BCUT2D eigenvalue weighted by Crippen LogP contribution is -2.40. The Balaban J connectivity index is 1.78. The van der Waals surface area contributed by atoms with Crippen molar-refractivity contribution in [3.8, 4) is 0 Å². The number of nitrogens with one attached hydrogen (secondary N) is 1. The van der Waals surface area contributed by atoms with Gasteiger partial charge in [-0.2, -0.15) is 0 Å². The van der Waals surface area contributed by atoms with Crippen LogP contribution in [0.25, 0.3) is 0 Å². The summed E-state index contributed by atoms with van der Waals surface area (Å²) < 4.78 is 10.9. The molecule has 2 atom stereocenters. The number of hydrogen-bond donors (Lipinski definition) is 1. The molecule has 0 bridgehead atoms. The monoisotopic (exact) mass is 224 g/mol. The van der Waals surface area contributed by atoms with Crippen LogP contribution in [0.1, 0.15) is 37.6 Å². The minimum absolute atomic E-state index is 0.348. The molecule has 0 spiro atoms. The standard InChI is InChI=1S/C12H20N2O2/c1-9(12-5-3-4-6-15-12)13-7-11-10(2)16-8-14-11/h8-9,12-13H,3-7H2,1-2H3. The zero-order valence-corrected chi connectivity index (χ0v) is 10.0. The second-order valence-electron chi connectivity index (χ2n) is 4.43. The zero-order chi connectivity index (χ0) is 11.4. The molecule has 1 saturated heterocycles. The van der Waals surface area contributed by atoms with Gasteiger partial charge >= 0.3 is 0 Å². The third-order valence-electron chi connectivity index (χ3n) is 3.21. The van der Waals surface area contributed by atoms with Crippen LogP contribution in [0.2, 0.25) is 0 Å². The van der Waals surface area contributed by atoms with Crippen molar-refractivity contribution in [2.45, 2.75) is 51.8 Å². The Hall–Kier alpha value is -0.870. The van der Waals surface area contributed by atoms with Gasteiger partial charge in [0, 0.05) is 19.2 Å². The van der Waals surface area contributed by atoms with Crippen LogP contribution in [-0.4, -0.2) is 23.7 Å². The van der Waals surface area contributed by atoms with E-state index in [1.165, 1.54) is 19.2 Å². The third kappa shape index (κ3) is 2.83. The predicted octanol–water partition coefficient (Wildman–Crippen LogP) is 2.03. The Morgan fingerprint density at radius 2 is 2.44 bits per heavy atom. The van der Waals surface area contributed by atoms with Crippen LogP contribution in [0.5, 0.6) is 0 Å². The molecule has 0 aromatic carbocycles. The fourth-order valence-electron chi connectivity index (χ4n) is 2.05. The zero-order valence-electron chi connectivity index (χ0n) is 10.0. The van der Waals surface area contributed by atoms with Crippen LogP contribution in [0.15, 0.2) is 10.8 Å². The summed E-state index contributed by atoms with van der Waals surface area (Å²) in [4.78, 5) is 4.16. The van der Waals surface area contributed by atoms with Gasteiger partial charge < -0.3 is 14.5 Å². The van der Waals surface area contributed by atoms with Gasteiger partial charge in [-0.05, 0) is 33.1 Å². The van der Waals surface area contributed by atoms with Crippen LogP contribution >= 0.6 is 0 Å². The van der Waals surface area contributed by atoms with Gasteiger partial charge in [-0.3, -0.25) is 0 Å². The van der Waals surface area contributed by atoms with Gasteiger partial charge in [0.2, 0.25) is 0 Å². The lowest BCUT2D eigenvalue weighted by atomic mass is 10.0. The first-order chi connectivity index (χ1) is 7.77. The minimum atomic E-state index is 0.348. The van der Waals surface area contributed by atoms with Gasteiger partial charge in [-0.1, -0.05) is 0 Å². The van der Waals surface area contributed by atoms with Crippen molar-refractivity contribution in [2.75, 3.05) is 6.61 Å². The summed E-state index contributed by atoms with van der Waals surface area (Å²) in [5.41, 5.74) is 0.989. The molecule has 2 heterocycles. The molecule has 0 aliphatic carbocycles. The lowest BCUT2D eigenvalue weighted by Gasteiger charge is -2.28. The van der Waals surface area contributed by atoms with Crippen LogP contribution in [-0.2, 0) is 11.3 Å². The van der Waals surface area contributed by atoms with Crippen molar-refractivity contribution in [3.05, 3.63) is 17.8 Å². The Morgan fingerprint density at radius 1 is 1.56 bits per heavy atom. The van der Waals surface area contributed by atoms with E-state index in [1.807, 2.05) is 6.92 Å². The highest BCUT2D eigenvalue weighted by atomic mass is 16.5. The first kappa shape index (κ1) is 11.6. The number of aromatic nitrogens is 1. The van der Waals surface area contributed by atoms with Gasteiger partial charge in [-0.25, -0.2) is 4.98 Å². The molecular formula is C12H20N2O2. The minimum Gasteiger partial charge on any atom is -0.448 e. The van der Waals surface area contributed by atoms with Crippen molar-refractivity contribution in [1.29, 1.82) is 0 Å². The van der Waals surface area contributed by atoms with E-state index in [0.29, 0.717) is 12.1 Å². The molecular weight excluding hydrogens is 204 g/mol. The number of ether oxygens (including phenoxy) is 1. The molecule has 0 amide bonds. The Morgan fingerprint density at radius 3 is 3.06 bits per heavy atom. The molecule has 0 radical (unpaired) electrons. The maximum Gasteiger partial charge on any atom is 0.181 e. The topological polar surface area (TPSA) is 47.3 Å². The molecule has 1 aliphatic heterocycles. The fraction of sp³-hybridized carbons (Fsp3) is 0.750. The largest absolute Gasteiger partial charge is 0.448 e. The molecule has 1 aliphatic rings. The second-order valence-corrected chi connectivity index (χ2v) is 4.43. The average molecular weight is 224 g/mol. The second kappa shape index (κ2) is 5.46. The Bertz CT molecular complexity index is 319. The molecule has 16 heavy (non-hydrogen) atoms. The summed E-state index contributed by atoms with van der Waals surface area (Å²) in [5, 5.41) is 3.45. The smallest absolute Gasteiger partial charge is 0.181 e. The first-order valence-electron chi connectivity index (χ1n) is 6.01. The molecule has 90 valence electrons. The maximum absolute atomic E-state index is 5.73. The molecule has 4 heteroatoms. The van der Waals surface area contributed by atoms with Gasteiger partial charge in [0.25, 0.3) is 0 Å². The van der Waals surface area contributed by atoms with E-state index >= 15 is 0 Å². The first-order valence-corrected chi connectivity index (χ1v) is 6.01. The van der Waals surface area contributed by atoms with E-state index in [9.17, 15) is 0 Å². The molecule has 2 unspecified atom stereocenters. The lowest BCUT2D eigenvalue weighted by molar-refractivity contribution is -0.00406. The number of nitrogens with zero attached hydrogens (tertiary/aromatic N) is 1. The summed E-state index contributed by atoms with van der Waals surface area (Å²) in [6.45, 7) is 5.76. The average Bonchev–Trinajstić information content (AvgIpc) is 2.73. The van der Waals surface area contributed by atoms with Gasteiger partial charge in [0.1, 0.15) is 5.76 Å². The third-order valence-corrected chi connectivity index (χ3v) is 3.21. The van der Waals surface area contributed by atoms with Crippen molar-refractivity contribution in [1.82, 2.24) is 10.3 Å². The molecule has 1 aromatic rings. The van der Waals surface area contributed by atoms with E-state index in [4.69, 9.17) is 9.15 Å². The van der Waals surface area contributed by atoms with E-state index in [0.717, 1.165) is 31.0 Å². The normalized spacial score (nSPS) is 23.2. The number of rotatable bonds is 4. The molecule has 1 fully saturated rings. The summed E-state index contributed by atoms with van der Waals surface area (Å²) in [7, 11) is 0. The summed E-state index contributed by atoms with van der Waals surface area (Å²) >= 11 is 0. The molecule has 1 N–H and O–H groups in total. The van der Waals surface area contributed by atoms with E-state index in [2.05, 4.69) is 17.2 Å². The van der Waals surface area contributed by atoms with Crippen LogP contribution in [0, 0.1) is 6.92 Å². The number of aryl methyl sites for hydroxylation is 1. The molecule has 2 rings (SSSR count). The molecule has 1 aromatic heterocycles. The molecule has 0 saturated carbocycles. The highest BCUT2D eigenvalue weighted by molar-refractivity contribution is 5.04. The highest BCUT2D eigenvalue weighted by Crippen LogP contribution is 2.16. The van der Waals surface area contributed by atoms with Crippen molar-refractivity contribution in [2.24, 2.45) is 0 Å².